The fourth-order valence-electron chi connectivity index (χ4n) is 3.77. The third-order valence-electron chi connectivity index (χ3n) is 5.41. The molecule has 0 unspecified atom stereocenters. The molecule has 0 aromatic heterocycles. The van der Waals surface area contributed by atoms with E-state index < -0.39 is 10.0 Å². The van der Waals surface area contributed by atoms with Gasteiger partial charge in [0.25, 0.3) is 15.9 Å². The third-order valence-corrected chi connectivity index (χ3v) is 6.94. The Kier molecular flexibility index (Phi) is 5.35. The van der Waals surface area contributed by atoms with Crippen molar-refractivity contribution < 1.29 is 13.2 Å². The molecule has 0 bridgehead atoms. The quantitative estimate of drug-likeness (QED) is 0.684. The summed E-state index contributed by atoms with van der Waals surface area (Å²) in [6.07, 6.45) is 0.820. The van der Waals surface area contributed by atoms with Gasteiger partial charge in [0.2, 0.25) is 0 Å². The molecule has 3 aromatic carbocycles. The zero-order valence-corrected chi connectivity index (χ0v) is 17.9. The Balaban J connectivity index is 1.56. The predicted molar refractivity (Wildman–Crippen MR) is 118 cm³/mol. The van der Waals surface area contributed by atoms with E-state index in [0.29, 0.717) is 29.9 Å². The fraction of sp³-hybridized carbons (Fsp3) is 0.208. The molecule has 30 heavy (non-hydrogen) atoms. The molecule has 0 atom stereocenters. The van der Waals surface area contributed by atoms with Crippen LogP contribution in [0.1, 0.15) is 32.6 Å². The molecule has 1 aliphatic rings. The highest BCUT2D eigenvalue weighted by atomic mass is 32.2. The Morgan fingerprint density at radius 1 is 0.933 bits per heavy atom. The van der Waals surface area contributed by atoms with Crippen LogP contribution < -0.4 is 4.72 Å². The maximum atomic E-state index is 13.0. The Morgan fingerprint density at radius 3 is 2.50 bits per heavy atom. The molecule has 1 amide bonds. The summed E-state index contributed by atoms with van der Waals surface area (Å²) in [5.41, 5.74) is 4.82. The normalized spacial score (nSPS) is 13.6. The molecule has 0 spiro atoms. The van der Waals surface area contributed by atoms with Crippen molar-refractivity contribution in [3.63, 3.8) is 0 Å². The molecular formula is C24H24N2O3S. The van der Waals surface area contributed by atoms with Crippen LogP contribution in [0, 0.1) is 13.8 Å². The van der Waals surface area contributed by atoms with Gasteiger partial charge < -0.3 is 4.90 Å². The van der Waals surface area contributed by atoms with Gasteiger partial charge in [0.15, 0.2) is 0 Å². The molecule has 4 rings (SSSR count). The van der Waals surface area contributed by atoms with E-state index in [9.17, 15) is 13.2 Å². The number of benzene rings is 3. The SMILES string of the molecule is Cc1ccc(C)c(S(=O)(=O)Nc2cccc(C(=O)N3CCc4ccccc4C3)c2)c1. The van der Waals surface area contributed by atoms with E-state index in [1.165, 1.54) is 5.56 Å². The van der Waals surface area contributed by atoms with Gasteiger partial charge in [0, 0.05) is 24.3 Å². The molecule has 0 saturated heterocycles. The molecule has 1 N–H and O–H groups in total. The lowest BCUT2D eigenvalue weighted by Gasteiger charge is -2.29. The lowest BCUT2D eigenvalue weighted by Crippen LogP contribution is -2.35. The van der Waals surface area contributed by atoms with Crippen LogP contribution >= 0.6 is 0 Å². The smallest absolute Gasteiger partial charge is 0.262 e. The zero-order chi connectivity index (χ0) is 21.3. The number of carbonyl (C=O) groups excluding carboxylic acids is 1. The van der Waals surface area contributed by atoms with Crippen LogP contribution in [-0.4, -0.2) is 25.8 Å². The first-order chi connectivity index (χ1) is 14.3. The number of nitrogens with zero attached hydrogens (tertiary/aromatic N) is 1. The first kappa shape index (κ1) is 20.2. The van der Waals surface area contributed by atoms with E-state index in [1.807, 2.05) is 31.2 Å². The molecule has 6 heteroatoms. The summed E-state index contributed by atoms with van der Waals surface area (Å²) >= 11 is 0. The van der Waals surface area contributed by atoms with Crippen LogP contribution in [0.4, 0.5) is 5.69 Å². The van der Waals surface area contributed by atoms with Crippen molar-refractivity contribution in [1.82, 2.24) is 4.90 Å². The van der Waals surface area contributed by atoms with E-state index in [0.717, 1.165) is 17.5 Å². The van der Waals surface area contributed by atoms with Gasteiger partial charge in [-0.2, -0.15) is 0 Å². The molecule has 1 aliphatic heterocycles. The average Bonchev–Trinajstić information content (AvgIpc) is 2.74. The van der Waals surface area contributed by atoms with Crippen LogP contribution in [0.3, 0.4) is 0 Å². The second kappa shape index (κ2) is 7.95. The molecule has 0 aliphatic carbocycles. The van der Waals surface area contributed by atoms with Crippen molar-refractivity contribution >= 4 is 21.6 Å². The minimum absolute atomic E-state index is 0.0997. The van der Waals surface area contributed by atoms with Crippen molar-refractivity contribution in [3.8, 4) is 0 Å². The first-order valence-electron chi connectivity index (χ1n) is 9.90. The lowest BCUT2D eigenvalue weighted by molar-refractivity contribution is 0.0734. The monoisotopic (exact) mass is 420 g/mol. The minimum Gasteiger partial charge on any atom is -0.334 e. The minimum atomic E-state index is -3.75. The summed E-state index contributed by atoms with van der Waals surface area (Å²) in [7, 11) is -3.75. The number of amides is 1. The van der Waals surface area contributed by atoms with Crippen LogP contribution in [0.5, 0.6) is 0 Å². The first-order valence-corrected chi connectivity index (χ1v) is 11.4. The Morgan fingerprint density at radius 2 is 1.70 bits per heavy atom. The molecule has 154 valence electrons. The summed E-state index contributed by atoms with van der Waals surface area (Å²) in [6, 6.07) is 20.1. The van der Waals surface area contributed by atoms with Crippen molar-refractivity contribution in [1.29, 1.82) is 0 Å². The van der Waals surface area contributed by atoms with Gasteiger partial charge in [-0.15, -0.1) is 0 Å². The van der Waals surface area contributed by atoms with Crippen molar-refractivity contribution in [3.05, 3.63) is 94.5 Å². The number of fused-ring (bicyclic) bond motifs is 1. The number of nitrogens with one attached hydrogen (secondary N) is 1. The van der Waals surface area contributed by atoms with Crippen LogP contribution in [-0.2, 0) is 23.0 Å². The highest BCUT2D eigenvalue weighted by Crippen LogP contribution is 2.24. The summed E-state index contributed by atoms with van der Waals surface area (Å²) in [5, 5.41) is 0. The van der Waals surface area contributed by atoms with Crippen molar-refractivity contribution in [2.24, 2.45) is 0 Å². The molecular weight excluding hydrogens is 396 g/mol. The highest BCUT2D eigenvalue weighted by Gasteiger charge is 2.22. The topological polar surface area (TPSA) is 66.5 Å². The third kappa shape index (κ3) is 4.09. The van der Waals surface area contributed by atoms with Gasteiger partial charge >= 0.3 is 0 Å². The largest absolute Gasteiger partial charge is 0.334 e. The van der Waals surface area contributed by atoms with E-state index in [2.05, 4.69) is 10.8 Å². The molecule has 1 heterocycles. The van der Waals surface area contributed by atoms with E-state index in [-0.39, 0.29) is 10.8 Å². The Labute approximate surface area is 177 Å². The van der Waals surface area contributed by atoms with Crippen LogP contribution in [0.15, 0.2) is 71.6 Å². The molecule has 5 nitrogen and oxygen atoms in total. The van der Waals surface area contributed by atoms with Crippen molar-refractivity contribution in [2.45, 2.75) is 31.7 Å². The van der Waals surface area contributed by atoms with Gasteiger partial charge in [-0.05, 0) is 66.8 Å². The number of hydrogen-bond donors (Lipinski definition) is 1. The van der Waals surface area contributed by atoms with Crippen LogP contribution in [0.25, 0.3) is 0 Å². The predicted octanol–water partition coefficient (Wildman–Crippen LogP) is 4.30. The maximum Gasteiger partial charge on any atom is 0.262 e. The second-order valence-electron chi connectivity index (χ2n) is 7.70. The van der Waals surface area contributed by atoms with Gasteiger partial charge in [-0.3, -0.25) is 9.52 Å². The zero-order valence-electron chi connectivity index (χ0n) is 17.1. The number of aryl methyl sites for hydroxylation is 2. The van der Waals surface area contributed by atoms with Gasteiger partial charge in [-0.1, -0.05) is 42.5 Å². The van der Waals surface area contributed by atoms with E-state index in [1.54, 1.807) is 48.2 Å². The number of anilines is 1. The standard InChI is InChI=1S/C24H24N2O3S/c1-17-10-11-18(2)23(14-17)30(28,29)25-22-9-5-8-20(15-22)24(27)26-13-12-19-6-3-4-7-21(19)16-26/h3-11,14-15,25H,12-13,16H2,1-2H3. The summed E-state index contributed by atoms with van der Waals surface area (Å²) in [4.78, 5) is 15.1. The second-order valence-corrected chi connectivity index (χ2v) is 9.35. The number of hydrogen-bond acceptors (Lipinski definition) is 3. The fourth-order valence-corrected chi connectivity index (χ4v) is 5.15. The molecule has 3 aromatic rings. The Bertz CT molecular complexity index is 1220. The average molecular weight is 421 g/mol. The van der Waals surface area contributed by atoms with Crippen LogP contribution in [0.2, 0.25) is 0 Å². The van der Waals surface area contributed by atoms with Crippen molar-refractivity contribution in [2.75, 3.05) is 11.3 Å². The summed E-state index contributed by atoms with van der Waals surface area (Å²) < 4.78 is 28.4. The Hall–Kier alpha value is -3.12. The van der Waals surface area contributed by atoms with Gasteiger partial charge in [-0.25, -0.2) is 8.42 Å². The summed E-state index contributed by atoms with van der Waals surface area (Å²) in [5.74, 6) is -0.0997. The summed E-state index contributed by atoms with van der Waals surface area (Å²) in [6.45, 7) is 4.83. The van der Waals surface area contributed by atoms with E-state index in [4.69, 9.17) is 0 Å². The molecule has 0 fully saturated rings. The van der Waals surface area contributed by atoms with Gasteiger partial charge in [0.05, 0.1) is 4.90 Å². The van der Waals surface area contributed by atoms with E-state index >= 15 is 0 Å². The molecule has 0 radical (unpaired) electrons. The molecule has 0 saturated carbocycles. The maximum absolute atomic E-state index is 13.0. The number of sulfonamides is 1. The van der Waals surface area contributed by atoms with Gasteiger partial charge in [0.1, 0.15) is 0 Å². The number of rotatable bonds is 4. The number of carbonyl (C=O) groups is 1. The highest BCUT2D eigenvalue weighted by molar-refractivity contribution is 7.92. The lowest BCUT2D eigenvalue weighted by atomic mass is 9.99.